The highest BCUT2D eigenvalue weighted by atomic mass is 19.1. The number of piperidine rings is 1. The number of carbonyl (C=O) groups excluding carboxylic acids is 1. The number of anilines is 3. The summed E-state index contributed by atoms with van der Waals surface area (Å²) in [5.74, 6) is 0.417. The Morgan fingerprint density at radius 3 is 2.62 bits per heavy atom. The molecule has 11 nitrogen and oxygen atoms in total. The SMILES string of the molecule is N#Cc1cc(-c2ncnc(Nc3ccc(N4CCN(C5COC5)CC4)c(F)c3)n2)ccc1OC1CCN(C=O)CC1F. The normalized spacial score (nSPS) is 21.4. The van der Waals surface area contributed by atoms with Gasteiger partial charge >= 0.3 is 0 Å². The van der Waals surface area contributed by atoms with E-state index in [-0.39, 0.29) is 29.6 Å². The molecule has 3 saturated heterocycles. The molecule has 0 saturated carbocycles. The Kier molecular flexibility index (Phi) is 8.07. The van der Waals surface area contributed by atoms with Crippen LogP contribution in [0.4, 0.5) is 26.1 Å². The predicted octanol–water partition coefficient (Wildman–Crippen LogP) is 2.76. The van der Waals surface area contributed by atoms with E-state index in [1.54, 1.807) is 30.3 Å². The summed E-state index contributed by atoms with van der Waals surface area (Å²) in [6, 6.07) is 12.3. The third-order valence-corrected chi connectivity index (χ3v) is 7.87. The number of carbonyl (C=O) groups is 1. The van der Waals surface area contributed by atoms with Gasteiger partial charge in [-0.15, -0.1) is 0 Å². The minimum Gasteiger partial charge on any atom is -0.486 e. The molecule has 3 fully saturated rings. The molecule has 3 aromatic rings. The van der Waals surface area contributed by atoms with Gasteiger partial charge in [0, 0.05) is 50.4 Å². The van der Waals surface area contributed by atoms with Gasteiger partial charge in [-0.2, -0.15) is 10.2 Å². The van der Waals surface area contributed by atoms with Gasteiger partial charge in [0.05, 0.1) is 37.1 Å². The van der Waals surface area contributed by atoms with Crippen LogP contribution in [0, 0.1) is 17.1 Å². The summed E-state index contributed by atoms with van der Waals surface area (Å²) >= 11 is 0. The second kappa shape index (κ2) is 12.2. The van der Waals surface area contributed by atoms with Gasteiger partial charge in [0.25, 0.3) is 0 Å². The zero-order chi connectivity index (χ0) is 29.1. The smallest absolute Gasteiger partial charge is 0.230 e. The first kappa shape index (κ1) is 27.7. The fraction of sp³-hybridized carbons (Fsp3) is 0.414. The average Bonchev–Trinajstić information content (AvgIpc) is 2.98. The molecule has 1 amide bonds. The van der Waals surface area contributed by atoms with Crippen molar-refractivity contribution in [2.24, 2.45) is 0 Å². The molecule has 2 atom stereocenters. The molecule has 0 spiro atoms. The maximum atomic E-state index is 15.1. The molecular formula is C29H30F2N8O3. The van der Waals surface area contributed by atoms with E-state index >= 15 is 4.39 Å². The Bertz CT molecular complexity index is 1480. The van der Waals surface area contributed by atoms with Crippen molar-refractivity contribution in [3.8, 4) is 23.2 Å². The largest absolute Gasteiger partial charge is 0.486 e. The van der Waals surface area contributed by atoms with Crippen molar-refractivity contribution in [2.75, 3.05) is 62.7 Å². The van der Waals surface area contributed by atoms with Crippen LogP contribution in [0.15, 0.2) is 42.7 Å². The third-order valence-electron chi connectivity index (χ3n) is 7.87. The van der Waals surface area contributed by atoms with Crippen LogP contribution in [0.1, 0.15) is 12.0 Å². The molecule has 2 unspecified atom stereocenters. The number of hydrogen-bond donors (Lipinski definition) is 1. The zero-order valence-corrected chi connectivity index (χ0v) is 22.8. The van der Waals surface area contributed by atoms with Gasteiger partial charge < -0.3 is 24.6 Å². The fourth-order valence-corrected chi connectivity index (χ4v) is 5.39. The van der Waals surface area contributed by atoms with Gasteiger partial charge in [0.15, 0.2) is 12.0 Å². The maximum Gasteiger partial charge on any atom is 0.230 e. The van der Waals surface area contributed by atoms with E-state index in [9.17, 15) is 14.4 Å². The van der Waals surface area contributed by atoms with Crippen LogP contribution in [0.3, 0.4) is 0 Å². The quantitative estimate of drug-likeness (QED) is 0.401. The molecule has 0 bridgehead atoms. The van der Waals surface area contributed by atoms with Gasteiger partial charge in [-0.3, -0.25) is 9.69 Å². The molecule has 1 N–H and O–H groups in total. The van der Waals surface area contributed by atoms with Crippen molar-refractivity contribution in [2.45, 2.75) is 24.7 Å². The molecular weight excluding hydrogens is 546 g/mol. The van der Waals surface area contributed by atoms with Crippen LogP contribution in [0.5, 0.6) is 5.75 Å². The Morgan fingerprint density at radius 1 is 1.10 bits per heavy atom. The van der Waals surface area contributed by atoms with Crippen molar-refractivity contribution in [1.29, 1.82) is 5.26 Å². The molecule has 3 aliphatic heterocycles. The number of amides is 1. The van der Waals surface area contributed by atoms with Crippen molar-refractivity contribution >= 4 is 23.7 Å². The summed E-state index contributed by atoms with van der Waals surface area (Å²) in [6.45, 7) is 5.13. The summed E-state index contributed by atoms with van der Waals surface area (Å²) in [5, 5.41) is 12.7. The number of halogens is 2. The minimum absolute atomic E-state index is 0.0467. The Morgan fingerprint density at radius 2 is 1.93 bits per heavy atom. The lowest BCUT2D eigenvalue weighted by Crippen LogP contribution is -2.56. The predicted molar refractivity (Wildman–Crippen MR) is 150 cm³/mol. The third kappa shape index (κ3) is 5.95. The van der Waals surface area contributed by atoms with Gasteiger partial charge in [-0.1, -0.05) is 0 Å². The summed E-state index contributed by atoms with van der Waals surface area (Å²) in [6.07, 6.45) is 0.155. The molecule has 6 rings (SSSR count). The van der Waals surface area contributed by atoms with Crippen LogP contribution in [-0.4, -0.2) is 102 Å². The number of benzene rings is 2. The number of aromatic nitrogens is 3. The van der Waals surface area contributed by atoms with E-state index in [1.807, 2.05) is 0 Å². The molecule has 42 heavy (non-hydrogen) atoms. The zero-order valence-electron chi connectivity index (χ0n) is 22.8. The number of alkyl halides is 1. The molecule has 13 heteroatoms. The number of ether oxygens (including phenoxy) is 2. The van der Waals surface area contributed by atoms with Crippen LogP contribution in [-0.2, 0) is 9.53 Å². The van der Waals surface area contributed by atoms with Gasteiger partial charge in [0.2, 0.25) is 12.4 Å². The fourth-order valence-electron chi connectivity index (χ4n) is 5.39. The standard InChI is InChI=1S/C29H30F2N8O3/c30-23-12-21(2-3-25(23)39-9-7-38(8-10-39)22-15-41-16-22)35-29-34-17-33-28(36-29)19-1-4-26(20(11-19)13-32)42-27-5-6-37(18-40)14-24(27)31/h1-4,11-12,17-18,22,24,27H,5-10,14-16H2,(H,33,34,35,36). The number of nitrogens with zero attached hydrogens (tertiary/aromatic N) is 7. The van der Waals surface area contributed by atoms with Crippen LogP contribution < -0.4 is 15.0 Å². The molecule has 218 valence electrons. The maximum absolute atomic E-state index is 15.1. The van der Waals surface area contributed by atoms with E-state index in [4.69, 9.17) is 9.47 Å². The van der Waals surface area contributed by atoms with Gasteiger partial charge in [-0.05, 0) is 36.4 Å². The van der Waals surface area contributed by atoms with Crippen LogP contribution in [0.25, 0.3) is 11.4 Å². The first-order valence-electron chi connectivity index (χ1n) is 13.9. The number of hydrogen-bond acceptors (Lipinski definition) is 10. The molecule has 4 heterocycles. The summed E-state index contributed by atoms with van der Waals surface area (Å²) in [4.78, 5) is 29.6. The van der Waals surface area contributed by atoms with E-state index < -0.39 is 12.3 Å². The Balaban J connectivity index is 1.11. The number of rotatable bonds is 8. The van der Waals surface area contributed by atoms with Gasteiger partial charge in [-0.25, -0.2) is 18.7 Å². The van der Waals surface area contributed by atoms with E-state index in [2.05, 4.69) is 36.1 Å². The lowest BCUT2D eigenvalue weighted by Gasteiger charge is -2.43. The van der Waals surface area contributed by atoms with Crippen molar-refractivity contribution in [3.63, 3.8) is 0 Å². The lowest BCUT2D eigenvalue weighted by atomic mass is 10.1. The first-order valence-corrected chi connectivity index (χ1v) is 13.9. The van der Waals surface area contributed by atoms with Crippen molar-refractivity contribution in [3.05, 3.63) is 54.1 Å². The second-order valence-corrected chi connectivity index (χ2v) is 10.5. The summed E-state index contributed by atoms with van der Waals surface area (Å²) in [7, 11) is 0. The highest BCUT2D eigenvalue weighted by Gasteiger charge is 2.31. The number of likely N-dealkylation sites (tertiary alicyclic amines) is 1. The van der Waals surface area contributed by atoms with E-state index in [0.717, 1.165) is 39.4 Å². The van der Waals surface area contributed by atoms with Gasteiger partial charge in [0.1, 0.15) is 30.1 Å². The molecule has 3 aliphatic rings. The summed E-state index contributed by atoms with van der Waals surface area (Å²) in [5.41, 5.74) is 1.78. The van der Waals surface area contributed by atoms with Crippen molar-refractivity contribution < 1.29 is 23.0 Å². The average molecular weight is 577 g/mol. The highest BCUT2D eigenvalue weighted by molar-refractivity contribution is 5.64. The minimum atomic E-state index is -1.36. The number of nitrogens with one attached hydrogen (secondary N) is 1. The lowest BCUT2D eigenvalue weighted by molar-refractivity contribution is -0.121. The number of piperazine rings is 1. The first-order chi connectivity index (χ1) is 20.5. The molecule has 0 radical (unpaired) electrons. The van der Waals surface area contributed by atoms with E-state index in [1.165, 1.54) is 17.3 Å². The molecule has 0 aliphatic carbocycles. The number of nitriles is 1. The second-order valence-electron chi connectivity index (χ2n) is 10.5. The Labute approximate surface area is 241 Å². The molecule has 1 aromatic heterocycles. The van der Waals surface area contributed by atoms with Crippen LogP contribution in [0.2, 0.25) is 0 Å². The topological polar surface area (TPSA) is 120 Å². The highest BCUT2D eigenvalue weighted by Crippen LogP contribution is 2.29. The Hall–Kier alpha value is -4.41. The summed E-state index contributed by atoms with van der Waals surface area (Å²) < 4.78 is 40.7. The molecule has 2 aromatic carbocycles. The van der Waals surface area contributed by atoms with E-state index in [0.29, 0.717) is 48.2 Å². The van der Waals surface area contributed by atoms with Crippen molar-refractivity contribution in [1.82, 2.24) is 24.8 Å². The van der Waals surface area contributed by atoms with Crippen LogP contribution >= 0.6 is 0 Å². The monoisotopic (exact) mass is 576 g/mol.